The van der Waals surface area contributed by atoms with Crippen LogP contribution in [0.15, 0.2) is 28.7 Å². The minimum Gasteiger partial charge on any atom is -0.323 e. The van der Waals surface area contributed by atoms with Crippen molar-refractivity contribution in [1.29, 1.82) is 0 Å². The zero-order valence-corrected chi connectivity index (χ0v) is 11.9. The predicted molar refractivity (Wildman–Crippen MR) is 72.5 cm³/mol. The molecule has 2 unspecified atom stereocenters. The fourth-order valence-corrected chi connectivity index (χ4v) is 4.59. The van der Waals surface area contributed by atoms with E-state index in [1.165, 1.54) is 0 Å². The summed E-state index contributed by atoms with van der Waals surface area (Å²) in [6.45, 7) is 0. The Bertz CT molecular complexity index is 484. The third kappa shape index (κ3) is 2.89. The number of rotatable bonds is 2. The summed E-state index contributed by atoms with van der Waals surface area (Å²) in [5.41, 5.74) is 6.99. The van der Waals surface area contributed by atoms with Crippen LogP contribution >= 0.6 is 15.9 Å². The van der Waals surface area contributed by atoms with E-state index in [2.05, 4.69) is 15.9 Å². The highest BCUT2D eigenvalue weighted by Crippen LogP contribution is 2.29. The van der Waals surface area contributed by atoms with Gasteiger partial charge in [-0.2, -0.15) is 0 Å². The molecule has 1 fully saturated rings. The van der Waals surface area contributed by atoms with Gasteiger partial charge in [0, 0.05) is 10.5 Å². The predicted octanol–water partition coefficient (Wildman–Crippen LogP) is 2.42. The van der Waals surface area contributed by atoms with E-state index < -0.39 is 21.1 Å². The Morgan fingerprint density at radius 3 is 2.47 bits per heavy atom. The van der Waals surface area contributed by atoms with Crippen LogP contribution in [0, 0.1) is 0 Å². The Morgan fingerprint density at radius 2 is 1.88 bits per heavy atom. The summed E-state index contributed by atoms with van der Waals surface area (Å²) < 4.78 is 24.9. The van der Waals surface area contributed by atoms with Crippen molar-refractivity contribution in [2.24, 2.45) is 5.73 Å². The lowest BCUT2D eigenvalue weighted by molar-refractivity contribution is 0.505. The summed E-state index contributed by atoms with van der Waals surface area (Å²) >= 11 is 3.35. The fraction of sp³-hybridized carbons (Fsp3) is 0.500. The van der Waals surface area contributed by atoms with Gasteiger partial charge < -0.3 is 5.73 Å². The standard InChI is InChI=1S/C12H16BrNO2S/c13-10-6-4-9(5-7-10)12(14)11-3-1-2-8-17(11,15)16/h4-7,11-12H,1-3,8,14H2. The normalized spacial score (nSPS) is 25.4. The summed E-state index contributed by atoms with van der Waals surface area (Å²) in [7, 11) is -3.02. The molecule has 0 aliphatic carbocycles. The van der Waals surface area contributed by atoms with Crippen molar-refractivity contribution in [1.82, 2.24) is 0 Å². The van der Waals surface area contributed by atoms with Crippen LogP contribution in [0.2, 0.25) is 0 Å². The van der Waals surface area contributed by atoms with Gasteiger partial charge in [0.15, 0.2) is 9.84 Å². The molecule has 1 aromatic carbocycles. The molecule has 2 rings (SSSR count). The maximum Gasteiger partial charge on any atom is 0.155 e. The molecule has 1 heterocycles. The summed E-state index contributed by atoms with van der Waals surface area (Å²) in [6, 6.07) is 7.15. The largest absolute Gasteiger partial charge is 0.323 e. The molecule has 0 amide bonds. The summed E-state index contributed by atoms with van der Waals surface area (Å²) in [5.74, 6) is 0.280. The maximum atomic E-state index is 12.0. The van der Waals surface area contributed by atoms with Crippen molar-refractivity contribution in [3.05, 3.63) is 34.3 Å². The van der Waals surface area contributed by atoms with Gasteiger partial charge in [-0.3, -0.25) is 0 Å². The van der Waals surface area contributed by atoms with Gasteiger partial charge in [-0.25, -0.2) is 8.42 Å². The zero-order chi connectivity index (χ0) is 12.5. The van der Waals surface area contributed by atoms with E-state index in [1.54, 1.807) is 0 Å². The Kier molecular flexibility index (Phi) is 3.90. The Hall–Kier alpha value is -0.390. The SMILES string of the molecule is NC(c1ccc(Br)cc1)C1CCCCS1(=O)=O. The third-order valence-electron chi connectivity index (χ3n) is 3.28. The van der Waals surface area contributed by atoms with E-state index in [1.807, 2.05) is 24.3 Å². The van der Waals surface area contributed by atoms with Crippen LogP contribution in [-0.2, 0) is 9.84 Å². The second-order valence-electron chi connectivity index (χ2n) is 4.48. The van der Waals surface area contributed by atoms with Crippen LogP contribution in [0.4, 0.5) is 0 Å². The van der Waals surface area contributed by atoms with E-state index in [-0.39, 0.29) is 5.75 Å². The number of benzene rings is 1. The second-order valence-corrected chi connectivity index (χ2v) is 7.73. The van der Waals surface area contributed by atoms with E-state index >= 15 is 0 Å². The molecule has 3 nitrogen and oxygen atoms in total. The molecular formula is C12H16BrNO2S. The Labute approximate surface area is 110 Å². The maximum absolute atomic E-state index is 12.0. The lowest BCUT2D eigenvalue weighted by atomic mass is 10.0. The molecular weight excluding hydrogens is 302 g/mol. The molecule has 94 valence electrons. The summed E-state index contributed by atoms with van der Waals surface area (Å²) in [4.78, 5) is 0. The second kappa shape index (κ2) is 5.08. The molecule has 0 bridgehead atoms. The monoisotopic (exact) mass is 317 g/mol. The van der Waals surface area contributed by atoms with Crippen molar-refractivity contribution in [2.75, 3.05) is 5.75 Å². The molecule has 0 radical (unpaired) electrons. The van der Waals surface area contributed by atoms with Crippen molar-refractivity contribution < 1.29 is 8.42 Å². The quantitative estimate of drug-likeness (QED) is 0.911. The summed E-state index contributed by atoms with van der Waals surface area (Å²) in [6.07, 6.45) is 2.40. The molecule has 5 heteroatoms. The number of hydrogen-bond acceptors (Lipinski definition) is 3. The number of nitrogens with two attached hydrogens (primary N) is 1. The Balaban J connectivity index is 2.24. The number of halogens is 1. The average Bonchev–Trinajstić information content (AvgIpc) is 2.28. The first-order chi connectivity index (χ1) is 8.00. The highest BCUT2D eigenvalue weighted by molar-refractivity contribution is 9.10. The van der Waals surface area contributed by atoms with Gasteiger partial charge in [-0.05, 0) is 30.5 Å². The first-order valence-electron chi connectivity index (χ1n) is 5.73. The van der Waals surface area contributed by atoms with E-state index in [9.17, 15) is 8.42 Å². The zero-order valence-electron chi connectivity index (χ0n) is 9.47. The van der Waals surface area contributed by atoms with Crippen LogP contribution in [-0.4, -0.2) is 19.4 Å². The lowest BCUT2D eigenvalue weighted by Crippen LogP contribution is -2.37. The fourth-order valence-electron chi connectivity index (χ4n) is 2.28. The van der Waals surface area contributed by atoms with Gasteiger partial charge in [0.2, 0.25) is 0 Å². The van der Waals surface area contributed by atoms with Gasteiger partial charge in [0.05, 0.1) is 11.0 Å². The van der Waals surface area contributed by atoms with Gasteiger partial charge in [-0.1, -0.05) is 34.5 Å². The van der Waals surface area contributed by atoms with Gasteiger partial charge in [0.1, 0.15) is 0 Å². The first-order valence-corrected chi connectivity index (χ1v) is 8.24. The smallest absolute Gasteiger partial charge is 0.155 e. The first kappa shape index (κ1) is 13.1. The molecule has 0 saturated carbocycles. The molecule has 1 aliphatic heterocycles. The summed E-state index contributed by atoms with van der Waals surface area (Å²) in [5, 5.41) is -0.419. The van der Waals surface area contributed by atoms with Crippen molar-refractivity contribution >= 4 is 25.8 Å². The molecule has 2 atom stereocenters. The van der Waals surface area contributed by atoms with E-state index in [4.69, 9.17) is 5.73 Å². The number of sulfone groups is 1. The third-order valence-corrected chi connectivity index (χ3v) is 6.12. The molecule has 1 saturated heterocycles. The molecule has 2 N–H and O–H groups in total. The van der Waals surface area contributed by atoms with Crippen LogP contribution in [0.1, 0.15) is 30.9 Å². The highest BCUT2D eigenvalue weighted by Gasteiger charge is 2.34. The van der Waals surface area contributed by atoms with Crippen molar-refractivity contribution in [3.8, 4) is 0 Å². The minimum atomic E-state index is -3.02. The molecule has 1 aliphatic rings. The molecule has 0 spiro atoms. The van der Waals surface area contributed by atoms with E-state index in [0.717, 1.165) is 22.9 Å². The highest BCUT2D eigenvalue weighted by atomic mass is 79.9. The lowest BCUT2D eigenvalue weighted by Gasteiger charge is -2.27. The molecule has 0 aromatic heterocycles. The van der Waals surface area contributed by atoms with Crippen molar-refractivity contribution in [3.63, 3.8) is 0 Å². The van der Waals surface area contributed by atoms with Crippen LogP contribution < -0.4 is 5.73 Å². The van der Waals surface area contributed by atoms with Crippen LogP contribution in [0.25, 0.3) is 0 Å². The Morgan fingerprint density at radius 1 is 1.24 bits per heavy atom. The van der Waals surface area contributed by atoms with Gasteiger partial charge >= 0.3 is 0 Å². The molecule has 17 heavy (non-hydrogen) atoms. The van der Waals surface area contributed by atoms with Crippen molar-refractivity contribution in [2.45, 2.75) is 30.6 Å². The number of hydrogen-bond donors (Lipinski definition) is 1. The van der Waals surface area contributed by atoms with Crippen LogP contribution in [0.3, 0.4) is 0 Å². The molecule has 1 aromatic rings. The van der Waals surface area contributed by atoms with Crippen LogP contribution in [0.5, 0.6) is 0 Å². The van der Waals surface area contributed by atoms with Gasteiger partial charge in [-0.15, -0.1) is 0 Å². The minimum absolute atomic E-state index is 0.280. The van der Waals surface area contributed by atoms with Gasteiger partial charge in [0.25, 0.3) is 0 Å². The van der Waals surface area contributed by atoms with E-state index in [0.29, 0.717) is 6.42 Å². The average molecular weight is 318 g/mol. The topological polar surface area (TPSA) is 60.2 Å².